The van der Waals surface area contributed by atoms with Crippen molar-refractivity contribution in [2.24, 2.45) is 17.8 Å². The molecule has 0 radical (unpaired) electrons. The predicted octanol–water partition coefficient (Wildman–Crippen LogP) is 3.99. The Morgan fingerprint density at radius 1 is 1.27 bits per heavy atom. The van der Waals surface area contributed by atoms with Crippen molar-refractivity contribution in [1.82, 2.24) is 5.06 Å². The summed E-state index contributed by atoms with van der Waals surface area (Å²) in [4.78, 5) is 29.5. The second kappa shape index (κ2) is 10.9. The number of carbonyl (C=O) groups excluding carboxylic acids is 1. The van der Waals surface area contributed by atoms with Crippen molar-refractivity contribution in [3.8, 4) is 0 Å². The Balaban J connectivity index is 2.05. The summed E-state index contributed by atoms with van der Waals surface area (Å²) in [5, 5.41) is 11.1. The fourth-order valence-corrected chi connectivity index (χ4v) is 4.26. The van der Waals surface area contributed by atoms with Gasteiger partial charge in [0.1, 0.15) is 0 Å². The monoisotopic (exact) mass is 369 g/mol. The van der Waals surface area contributed by atoms with E-state index in [2.05, 4.69) is 6.92 Å². The summed E-state index contributed by atoms with van der Waals surface area (Å²) >= 11 is 0. The van der Waals surface area contributed by atoms with Crippen LogP contribution >= 0.6 is 0 Å². The van der Waals surface area contributed by atoms with Crippen LogP contribution in [0.25, 0.3) is 0 Å². The van der Waals surface area contributed by atoms with Gasteiger partial charge in [-0.25, -0.2) is 9.90 Å². The summed E-state index contributed by atoms with van der Waals surface area (Å²) in [6.07, 6.45) is 9.45. The molecular weight excluding hydrogens is 334 g/mol. The summed E-state index contributed by atoms with van der Waals surface area (Å²) in [7, 11) is 0. The van der Waals surface area contributed by atoms with Crippen LogP contribution in [-0.4, -0.2) is 41.5 Å². The topological polar surface area (TPSA) is 76.1 Å². The molecule has 1 saturated heterocycles. The molecule has 1 aliphatic heterocycles. The normalized spacial score (nSPS) is 28.9. The molecule has 1 N–H and O–H groups in total. The van der Waals surface area contributed by atoms with Gasteiger partial charge >= 0.3 is 5.97 Å². The van der Waals surface area contributed by atoms with Crippen LogP contribution in [0.3, 0.4) is 0 Å². The van der Waals surface area contributed by atoms with Crippen molar-refractivity contribution in [3.63, 3.8) is 0 Å². The molecule has 0 spiro atoms. The van der Waals surface area contributed by atoms with Gasteiger partial charge in [0.05, 0.1) is 12.0 Å². The number of nitrogens with zero attached hydrogens (tertiary/aromatic N) is 1. The van der Waals surface area contributed by atoms with E-state index in [-0.39, 0.29) is 0 Å². The van der Waals surface area contributed by atoms with Crippen molar-refractivity contribution in [1.29, 1.82) is 0 Å². The molecule has 1 heterocycles. The van der Waals surface area contributed by atoms with Gasteiger partial charge in [0.25, 0.3) is 0 Å². The van der Waals surface area contributed by atoms with Crippen LogP contribution < -0.4 is 0 Å². The lowest BCUT2D eigenvalue weighted by Crippen LogP contribution is -2.46. The standard InChI is InChI=1S/C20H35NO5/c1-3-6-18(21(14-22)26-19-7-4-5-12-25-19)17(20(23)24)13-16-10-8-15(2)9-11-16/h14-19H,3-13H2,1-2H3,(H,23,24)/t15?,16?,17-,18+,19?/m1/s1. The number of hydroxylamine groups is 2. The largest absolute Gasteiger partial charge is 0.481 e. The van der Waals surface area contributed by atoms with Crippen molar-refractivity contribution >= 4 is 12.4 Å². The Kier molecular flexibility index (Phi) is 8.85. The van der Waals surface area contributed by atoms with E-state index >= 15 is 0 Å². The molecular formula is C20H35NO5. The van der Waals surface area contributed by atoms with Crippen LogP contribution in [0.4, 0.5) is 0 Å². The summed E-state index contributed by atoms with van der Waals surface area (Å²) in [6, 6.07) is -0.445. The first-order valence-corrected chi connectivity index (χ1v) is 10.3. The Hall–Kier alpha value is -1.14. The summed E-state index contributed by atoms with van der Waals surface area (Å²) < 4.78 is 5.57. The summed E-state index contributed by atoms with van der Waals surface area (Å²) in [5.74, 6) is -0.269. The van der Waals surface area contributed by atoms with Gasteiger partial charge in [-0.15, -0.1) is 0 Å². The number of carboxylic acids is 1. The molecule has 0 bridgehead atoms. The first-order chi connectivity index (χ1) is 12.5. The highest BCUT2D eigenvalue weighted by atomic mass is 16.8. The number of carboxylic acid groups (broad SMARTS) is 1. The van der Waals surface area contributed by atoms with Crippen LogP contribution in [0.5, 0.6) is 0 Å². The molecule has 1 saturated carbocycles. The van der Waals surface area contributed by atoms with E-state index in [1.165, 1.54) is 17.9 Å². The maximum atomic E-state index is 12.0. The van der Waals surface area contributed by atoms with E-state index in [9.17, 15) is 14.7 Å². The zero-order chi connectivity index (χ0) is 18.9. The average molecular weight is 370 g/mol. The second-order valence-electron chi connectivity index (χ2n) is 8.03. The van der Waals surface area contributed by atoms with Gasteiger partial charge in [0.15, 0.2) is 6.29 Å². The molecule has 26 heavy (non-hydrogen) atoms. The molecule has 2 aliphatic rings. The number of hydrogen-bond acceptors (Lipinski definition) is 4. The molecule has 1 aliphatic carbocycles. The van der Waals surface area contributed by atoms with Crippen LogP contribution in [0.2, 0.25) is 0 Å². The SMILES string of the molecule is CCC[C@@H]([C@@H](CC1CCC(C)CC1)C(=O)O)N(C=O)OC1CCCCO1. The van der Waals surface area contributed by atoms with Crippen molar-refractivity contribution in [3.05, 3.63) is 0 Å². The summed E-state index contributed by atoms with van der Waals surface area (Å²) in [5.41, 5.74) is 0. The van der Waals surface area contributed by atoms with Gasteiger partial charge in [-0.1, -0.05) is 46.0 Å². The number of hydrogen-bond donors (Lipinski definition) is 1. The molecule has 3 atom stereocenters. The Bertz CT molecular complexity index is 430. The van der Waals surface area contributed by atoms with Gasteiger partial charge in [-0.3, -0.25) is 9.59 Å². The Morgan fingerprint density at radius 3 is 2.54 bits per heavy atom. The minimum Gasteiger partial charge on any atom is -0.481 e. The molecule has 150 valence electrons. The minimum absolute atomic E-state index is 0.422. The van der Waals surface area contributed by atoms with Crippen molar-refractivity contribution in [2.75, 3.05) is 6.61 Å². The van der Waals surface area contributed by atoms with Crippen LogP contribution in [0, 0.1) is 17.8 Å². The first kappa shape index (κ1) is 21.2. The van der Waals surface area contributed by atoms with E-state index in [0.717, 1.165) is 44.4 Å². The van der Waals surface area contributed by atoms with Gasteiger partial charge in [0.2, 0.25) is 6.41 Å². The lowest BCUT2D eigenvalue weighted by molar-refractivity contribution is -0.290. The van der Waals surface area contributed by atoms with Gasteiger partial charge in [-0.2, -0.15) is 0 Å². The molecule has 2 fully saturated rings. The quantitative estimate of drug-likeness (QED) is 0.465. The highest BCUT2D eigenvalue weighted by molar-refractivity contribution is 5.71. The third-order valence-electron chi connectivity index (χ3n) is 5.90. The minimum atomic E-state index is -0.831. The number of rotatable bonds is 10. The number of carbonyl (C=O) groups is 2. The molecule has 6 nitrogen and oxygen atoms in total. The maximum absolute atomic E-state index is 12.0. The molecule has 0 aromatic heterocycles. The van der Waals surface area contributed by atoms with Crippen LogP contribution in [0.1, 0.15) is 78.1 Å². The van der Waals surface area contributed by atoms with E-state index in [0.29, 0.717) is 31.8 Å². The fraction of sp³-hybridized carbons (Fsp3) is 0.900. The van der Waals surface area contributed by atoms with Gasteiger partial charge < -0.3 is 9.84 Å². The van der Waals surface area contributed by atoms with Crippen LogP contribution in [0.15, 0.2) is 0 Å². The summed E-state index contributed by atoms with van der Waals surface area (Å²) in [6.45, 7) is 4.89. The lowest BCUT2D eigenvalue weighted by Gasteiger charge is -2.37. The highest BCUT2D eigenvalue weighted by Crippen LogP contribution is 2.35. The molecule has 2 rings (SSSR count). The van der Waals surface area contributed by atoms with Gasteiger partial charge in [0, 0.05) is 13.0 Å². The van der Waals surface area contributed by atoms with Crippen molar-refractivity contribution in [2.45, 2.75) is 90.4 Å². The maximum Gasteiger partial charge on any atom is 0.308 e. The van der Waals surface area contributed by atoms with Crippen LogP contribution in [-0.2, 0) is 19.2 Å². The number of aliphatic carboxylic acids is 1. The molecule has 0 aromatic rings. The predicted molar refractivity (Wildman–Crippen MR) is 98.1 cm³/mol. The van der Waals surface area contributed by atoms with E-state index in [1.54, 1.807) is 0 Å². The second-order valence-corrected chi connectivity index (χ2v) is 8.03. The zero-order valence-corrected chi connectivity index (χ0v) is 16.3. The highest BCUT2D eigenvalue weighted by Gasteiger charge is 2.36. The Morgan fingerprint density at radius 2 is 2.00 bits per heavy atom. The average Bonchev–Trinajstić information content (AvgIpc) is 2.65. The number of ether oxygens (including phenoxy) is 1. The number of amides is 1. The zero-order valence-electron chi connectivity index (χ0n) is 16.3. The first-order valence-electron chi connectivity index (χ1n) is 10.3. The Labute approximate surface area is 157 Å². The van der Waals surface area contributed by atoms with E-state index < -0.39 is 24.2 Å². The van der Waals surface area contributed by atoms with E-state index in [1.807, 2.05) is 6.92 Å². The molecule has 1 unspecified atom stereocenters. The van der Waals surface area contributed by atoms with Crippen molar-refractivity contribution < 1.29 is 24.3 Å². The molecule has 0 aromatic carbocycles. The lowest BCUT2D eigenvalue weighted by atomic mass is 9.76. The van der Waals surface area contributed by atoms with E-state index in [4.69, 9.17) is 9.57 Å². The third kappa shape index (κ3) is 6.23. The smallest absolute Gasteiger partial charge is 0.308 e. The molecule has 1 amide bonds. The third-order valence-corrected chi connectivity index (χ3v) is 5.90. The molecule has 6 heteroatoms. The fourth-order valence-electron chi connectivity index (χ4n) is 4.26. The van der Waals surface area contributed by atoms with Gasteiger partial charge in [-0.05, 0) is 37.5 Å².